The summed E-state index contributed by atoms with van der Waals surface area (Å²) in [5.41, 5.74) is 6.90. The number of morpholine rings is 1. The molecule has 128 valence electrons. The van der Waals surface area contributed by atoms with Gasteiger partial charge in [0.1, 0.15) is 5.01 Å². The Labute approximate surface area is 145 Å². The Morgan fingerprint density at radius 1 is 1.33 bits per heavy atom. The lowest BCUT2D eigenvalue weighted by Gasteiger charge is -2.33. The van der Waals surface area contributed by atoms with Crippen LogP contribution in [0.5, 0.6) is 0 Å². The molecule has 0 unspecified atom stereocenters. The van der Waals surface area contributed by atoms with Gasteiger partial charge in [-0.05, 0) is 24.8 Å². The molecule has 1 atom stereocenters. The second-order valence-corrected chi connectivity index (χ2v) is 7.01. The summed E-state index contributed by atoms with van der Waals surface area (Å²) in [6, 6.07) is 10.4. The highest BCUT2D eigenvalue weighted by molar-refractivity contribution is 7.15. The van der Waals surface area contributed by atoms with E-state index in [1.807, 2.05) is 11.0 Å². The van der Waals surface area contributed by atoms with Crippen LogP contribution in [0.15, 0.2) is 30.3 Å². The normalized spacial score (nSPS) is 17.8. The lowest BCUT2D eigenvalue weighted by molar-refractivity contribution is -0.138. The second kappa shape index (κ2) is 8.21. The quantitative estimate of drug-likeness (QED) is 0.864. The third-order valence-electron chi connectivity index (χ3n) is 4.11. The van der Waals surface area contributed by atoms with Gasteiger partial charge in [-0.3, -0.25) is 4.79 Å². The summed E-state index contributed by atoms with van der Waals surface area (Å²) in [6.45, 7) is 1.89. The molecule has 7 heteroatoms. The third-order valence-corrected chi connectivity index (χ3v) is 4.86. The van der Waals surface area contributed by atoms with E-state index in [2.05, 4.69) is 34.5 Å². The van der Waals surface area contributed by atoms with Gasteiger partial charge >= 0.3 is 0 Å². The minimum absolute atomic E-state index is 0.0718. The molecule has 1 aliphatic rings. The van der Waals surface area contributed by atoms with Crippen LogP contribution in [-0.4, -0.2) is 46.8 Å². The van der Waals surface area contributed by atoms with Gasteiger partial charge in [0.05, 0.1) is 19.1 Å². The van der Waals surface area contributed by atoms with Gasteiger partial charge < -0.3 is 15.4 Å². The van der Waals surface area contributed by atoms with Crippen molar-refractivity contribution in [1.29, 1.82) is 0 Å². The fourth-order valence-electron chi connectivity index (χ4n) is 2.88. The van der Waals surface area contributed by atoms with Crippen LogP contribution < -0.4 is 5.73 Å². The van der Waals surface area contributed by atoms with E-state index in [4.69, 9.17) is 10.5 Å². The molecule has 1 fully saturated rings. The molecule has 3 rings (SSSR count). The number of nitrogens with two attached hydrogens (primary N) is 1. The highest BCUT2D eigenvalue weighted by Gasteiger charge is 2.24. The van der Waals surface area contributed by atoms with Crippen LogP contribution in [0.3, 0.4) is 0 Å². The SMILES string of the molecule is Nc1nnc(CC(=O)N2CCO[C@H](CCCc3ccccc3)C2)s1. The number of hydrogen-bond donors (Lipinski definition) is 1. The van der Waals surface area contributed by atoms with E-state index in [1.165, 1.54) is 16.9 Å². The molecule has 0 spiro atoms. The summed E-state index contributed by atoms with van der Waals surface area (Å²) >= 11 is 1.27. The van der Waals surface area contributed by atoms with Crippen LogP contribution in [0.1, 0.15) is 23.4 Å². The number of nitrogen functional groups attached to an aromatic ring is 1. The van der Waals surface area contributed by atoms with Crippen molar-refractivity contribution in [2.45, 2.75) is 31.8 Å². The van der Waals surface area contributed by atoms with Gasteiger partial charge in [0.25, 0.3) is 0 Å². The van der Waals surface area contributed by atoms with E-state index in [9.17, 15) is 4.79 Å². The summed E-state index contributed by atoms with van der Waals surface area (Å²) in [5, 5.41) is 8.74. The molecular formula is C17H22N4O2S. The Morgan fingerprint density at radius 3 is 2.92 bits per heavy atom. The van der Waals surface area contributed by atoms with Gasteiger partial charge in [-0.2, -0.15) is 0 Å². The van der Waals surface area contributed by atoms with Crippen molar-refractivity contribution in [2.24, 2.45) is 0 Å². The number of rotatable bonds is 6. The van der Waals surface area contributed by atoms with Crippen LogP contribution >= 0.6 is 11.3 Å². The van der Waals surface area contributed by atoms with Crippen molar-refractivity contribution in [3.8, 4) is 0 Å². The van der Waals surface area contributed by atoms with E-state index in [0.717, 1.165) is 19.3 Å². The monoisotopic (exact) mass is 346 g/mol. The smallest absolute Gasteiger partial charge is 0.229 e. The number of nitrogens with zero attached hydrogens (tertiary/aromatic N) is 3. The molecule has 0 bridgehead atoms. The highest BCUT2D eigenvalue weighted by Crippen LogP contribution is 2.16. The summed E-state index contributed by atoms with van der Waals surface area (Å²) in [4.78, 5) is 14.3. The first-order valence-electron chi connectivity index (χ1n) is 8.22. The second-order valence-electron chi connectivity index (χ2n) is 5.92. The predicted molar refractivity (Wildman–Crippen MR) is 93.7 cm³/mol. The van der Waals surface area contributed by atoms with Gasteiger partial charge in [0.15, 0.2) is 0 Å². The number of carbonyl (C=O) groups excluding carboxylic acids is 1. The van der Waals surface area contributed by atoms with Crippen molar-refractivity contribution < 1.29 is 9.53 Å². The zero-order chi connectivity index (χ0) is 16.8. The molecule has 2 N–H and O–H groups in total. The van der Waals surface area contributed by atoms with E-state index in [0.29, 0.717) is 29.8 Å². The Morgan fingerprint density at radius 2 is 2.17 bits per heavy atom. The average molecular weight is 346 g/mol. The van der Waals surface area contributed by atoms with E-state index in [1.54, 1.807) is 0 Å². The highest BCUT2D eigenvalue weighted by atomic mass is 32.1. The molecular weight excluding hydrogens is 324 g/mol. The molecule has 24 heavy (non-hydrogen) atoms. The summed E-state index contributed by atoms with van der Waals surface area (Å²) in [7, 11) is 0. The van der Waals surface area contributed by atoms with Gasteiger partial charge in [-0.25, -0.2) is 0 Å². The van der Waals surface area contributed by atoms with Crippen molar-refractivity contribution in [1.82, 2.24) is 15.1 Å². The zero-order valence-corrected chi connectivity index (χ0v) is 14.4. The lowest BCUT2D eigenvalue weighted by Crippen LogP contribution is -2.46. The Kier molecular flexibility index (Phi) is 5.77. The first-order valence-corrected chi connectivity index (χ1v) is 9.03. The number of anilines is 1. The molecule has 0 radical (unpaired) electrons. The largest absolute Gasteiger partial charge is 0.375 e. The van der Waals surface area contributed by atoms with Crippen molar-refractivity contribution in [2.75, 3.05) is 25.4 Å². The number of amides is 1. The Hall–Kier alpha value is -1.99. The standard InChI is InChI=1S/C17H22N4O2S/c18-17-20-19-15(24-17)11-16(22)21-9-10-23-14(12-21)8-4-7-13-5-2-1-3-6-13/h1-3,5-6,14H,4,7-12H2,(H2,18,20)/t14-/m1/s1. The lowest BCUT2D eigenvalue weighted by atomic mass is 10.0. The topological polar surface area (TPSA) is 81.3 Å². The number of benzene rings is 1. The number of aromatic nitrogens is 2. The molecule has 0 aliphatic carbocycles. The maximum absolute atomic E-state index is 12.4. The number of ether oxygens (including phenoxy) is 1. The minimum Gasteiger partial charge on any atom is -0.375 e. The molecule has 1 aromatic heterocycles. The predicted octanol–water partition coefficient (Wildman–Crippen LogP) is 1.91. The molecule has 6 nitrogen and oxygen atoms in total. The fourth-order valence-corrected chi connectivity index (χ4v) is 3.48. The fraction of sp³-hybridized carbons (Fsp3) is 0.471. The molecule has 1 amide bonds. The first kappa shape index (κ1) is 16.9. The molecule has 1 aromatic carbocycles. The molecule has 2 aromatic rings. The minimum atomic E-state index is 0.0718. The average Bonchev–Trinajstić information content (AvgIpc) is 3.01. The molecule has 1 aliphatic heterocycles. The first-order chi connectivity index (χ1) is 11.7. The van der Waals surface area contributed by atoms with Crippen LogP contribution in [0, 0.1) is 0 Å². The Bertz CT molecular complexity index is 662. The Balaban J connectivity index is 1.44. The maximum atomic E-state index is 12.4. The van der Waals surface area contributed by atoms with Gasteiger partial charge in [0.2, 0.25) is 11.0 Å². The van der Waals surface area contributed by atoms with E-state index in [-0.39, 0.29) is 18.4 Å². The van der Waals surface area contributed by atoms with Crippen molar-refractivity contribution in [3.63, 3.8) is 0 Å². The van der Waals surface area contributed by atoms with Gasteiger partial charge in [0, 0.05) is 13.1 Å². The zero-order valence-electron chi connectivity index (χ0n) is 13.6. The van der Waals surface area contributed by atoms with E-state index >= 15 is 0 Å². The summed E-state index contributed by atoms with van der Waals surface area (Å²) in [5.74, 6) is 0.0718. The van der Waals surface area contributed by atoms with Crippen molar-refractivity contribution in [3.05, 3.63) is 40.9 Å². The van der Waals surface area contributed by atoms with Crippen molar-refractivity contribution >= 4 is 22.4 Å². The van der Waals surface area contributed by atoms with E-state index < -0.39 is 0 Å². The molecule has 1 saturated heterocycles. The number of aryl methyl sites for hydroxylation is 1. The number of hydrogen-bond acceptors (Lipinski definition) is 6. The molecule has 0 saturated carbocycles. The number of carbonyl (C=O) groups is 1. The van der Waals surface area contributed by atoms with Gasteiger partial charge in [-0.1, -0.05) is 41.7 Å². The van der Waals surface area contributed by atoms with Crippen LogP contribution in [0.4, 0.5) is 5.13 Å². The molecule has 2 heterocycles. The van der Waals surface area contributed by atoms with Gasteiger partial charge in [-0.15, -0.1) is 10.2 Å². The van der Waals surface area contributed by atoms with Crippen LogP contribution in [0.2, 0.25) is 0 Å². The summed E-state index contributed by atoms with van der Waals surface area (Å²) in [6.07, 6.45) is 3.45. The third kappa shape index (κ3) is 4.75. The maximum Gasteiger partial charge on any atom is 0.229 e. The summed E-state index contributed by atoms with van der Waals surface area (Å²) < 4.78 is 5.81. The van der Waals surface area contributed by atoms with Crippen LogP contribution in [0.25, 0.3) is 0 Å². The van der Waals surface area contributed by atoms with Crippen LogP contribution in [-0.2, 0) is 22.4 Å².